The van der Waals surface area contributed by atoms with Crippen LogP contribution in [0.3, 0.4) is 0 Å². The second-order valence-corrected chi connectivity index (χ2v) is 3.52. The van der Waals surface area contributed by atoms with Gasteiger partial charge in [-0.05, 0) is 24.1 Å². The van der Waals surface area contributed by atoms with E-state index in [2.05, 4.69) is 12.6 Å². The molecule has 14 heavy (non-hydrogen) atoms. The Balaban J connectivity index is 2.78. The molecule has 0 aliphatic rings. The Bertz CT molecular complexity index is 355. The van der Waals surface area contributed by atoms with Crippen molar-refractivity contribution in [2.45, 2.75) is 17.4 Å². The number of thiol groups is 1. The first-order valence-corrected chi connectivity index (χ1v) is 4.51. The third-order valence-electron chi connectivity index (χ3n) is 1.87. The van der Waals surface area contributed by atoms with Gasteiger partial charge in [0.1, 0.15) is 6.04 Å². The molecule has 5 heteroatoms. The Morgan fingerprint density at radius 2 is 2.21 bits per heavy atom. The minimum Gasteiger partial charge on any atom is -0.480 e. The first kappa shape index (κ1) is 10.9. The molecule has 0 fully saturated rings. The van der Waals surface area contributed by atoms with Gasteiger partial charge in [0.05, 0.1) is 0 Å². The third kappa shape index (κ3) is 2.65. The first-order chi connectivity index (χ1) is 6.50. The summed E-state index contributed by atoms with van der Waals surface area (Å²) in [5.74, 6) is -1.01. The Kier molecular flexibility index (Phi) is 3.38. The Labute approximate surface area is 87.3 Å². The number of nitrogens with two attached hydrogens (primary N) is 2. The molecule has 0 saturated heterocycles. The molecule has 5 N–H and O–H groups in total. The fourth-order valence-corrected chi connectivity index (χ4v) is 1.30. The zero-order chi connectivity index (χ0) is 10.7. The number of hydrogen-bond donors (Lipinski definition) is 4. The maximum Gasteiger partial charge on any atom is 0.320 e. The molecule has 1 rings (SSSR count). The van der Waals surface area contributed by atoms with E-state index in [1.807, 2.05) is 0 Å². The highest BCUT2D eigenvalue weighted by Gasteiger charge is 2.12. The number of carboxylic acid groups (broad SMARTS) is 1. The van der Waals surface area contributed by atoms with Crippen LogP contribution in [-0.4, -0.2) is 17.1 Å². The molecule has 0 radical (unpaired) electrons. The second kappa shape index (κ2) is 4.34. The summed E-state index contributed by atoms with van der Waals surface area (Å²) in [6, 6.07) is 4.28. The van der Waals surface area contributed by atoms with Crippen LogP contribution in [0.2, 0.25) is 0 Å². The average Bonchev–Trinajstić information content (AvgIpc) is 2.11. The van der Waals surface area contributed by atoms with Gasteiger partial charge in [-0.25, -0.2) is 0 Å². The SMILES string of the molecule is Nc1ccc(CC(N)C(=O)O)cc1S. The summed E-state index contributed by atoms with van der Waals surface area (Å²) in [7, 11) is 0. The van der Waals surface area contributed by atoms with Crippen LogP contribution >= 0.6 is 12.6 Å². The molecule has 0 saturated carbocycles. The van der Waals surface area contributed by atoms with Crippen LogP contribution in [-0.2, 0) is 11.2 Å². The van der Waals surface area contributed by atoms with Crippen molar-refractivity contribution in [3.8, 4) is 0 Å². The van der Waals surface area contributed by atoms with Gasteiger partial charge in [0.25, 0.3) is 0 Å². The zero-order valence-corrected chi connectivity index (χ0v) is 8.37. The van der Waals surface area contributed by atoms with E-state index in [1.54, 1.807) is 18.2 Å². The Morgan fingerprint density at radius 1 is 1.57 bits per heavy atom. The highest BCUT2D eigenvalue weighted by Crippen LogP contribution is 2.18. The van der Waals surface area contributed by atoms with E-state index in [4.69, 9.17) is 16.6 Å². The zero-order valence-electron chi connectivity index (χ0n) is 7.47. The van der Waals surface area contributed by atoms with Crippen molar-refractivity contribution in [2.75, 3.05) is 5.73 Å². The number of aliphatic carboxylic acids is 1. The van der Waals surface area contributed by atoms with Crippen LogP contribution in [0.4, 0.5) is 5.69 Å². The van der Waals surface area contributed by atoms with E-state index < -0.39 is 12.0 Å². The van der Waals surface area contributed by atoms with E-state index in [0.29, 0.717) is 10.6 Å². The molecule has 0 aliphatic heterocycles. The number of benzene rings is 1. The van der Waals surface area contributed by atoms with Crippen LogP contribution in [0.15, 0.2) is 23.1 Å². The highest BCUT2D eigenvalue weighted by atomic mass is 32.1. The number of rotatable bonds is 3. The van der Waals surface area contributed by atoms with Crippen LogP contribution in [0.25, 0.3) is 0 Å². The highest BCUT2D eigenvalue weighted by molar-refractivity contribution is 7.80. The van der Waals surface area contributed by atoms with Gasteiger partial charge in [-0.3, -0.25) is 4.79 Å². The molecule has 0 amide bonds. The van der Waals surface area contributed by atoms with Gasteiger partial charge in [-0.1, -0.05) is 6.07 Å². The van der Waals surface area contributed by atoms with E-state index in [9.17, 15) is 4.79 Å². The van der Waals surface area contributed by atoms with Gasteiger partial charge in [-0.2, -0.15) is 0 Å². The summed E-state index contributed by atoms with van der Waals surface area (Å²) >= 11 is 4.13. The van der Waals surface area contributed by atoms with Gasteiger partial charge in [-0.15, -0.1) is 12.6 Å². The van der Waals surface area contributed by atoms with E-state index in [1.165, 1.54) is 0 Å². The fraction of sp³-hybridized carbons (Fsp3) is 0.222. The lowest BCUT2D eigenvalue weighted by Gasteiger charge is -2.07. The summed E-state index contributed by atoms with van der Waals surface area (Å²) < 4.78 is 0. The molecule has 1 unspecified atom stereocenters. The number of carbonyl (C=O) groups is 1. The molecular weight excluding hydrogens is 200 g/mol. The monoisotopic (exact) mass is 212 g/mol. The Morgan fingerprint density at radius 3 is 2.71 bits per heavy atom. The summed E-state index contributed by atoms with van der Waals surface area (Å²) in [6.45, 7) is 0. The molecule has 0 heterocycles. The normalized spacial score (nSPS) is 12.4. The second-order valence-electron chi connectivity index (χ2n) is 3.04. The average molecular weight is 212 g/mol. The van der Waals surface area contributed by atoms with E-state index >= 15 is 0 Å². The molecule has 0 aromatic heterocycles. The lowest BCUT2D eigenvalue weighted by atomic mass is 10.1. The van der Waals surface area contributed by atoms with Crippen LogP contribution in [0.5, 0.6) is 0 Å². The van der Waals surface area contributed by atoms with E-state index in [0.717, 1.165) is 5.56 Å². The summed E-state index contributed by atoms with van der Waals surface area (Å²) in [5.41, 5.74) is 12.3. The topological polar surface area (TPSA) is 89.3 Å². The van der Waals surface area contributed by atoms with Crippen molar-refractivity contribution < 1.29 is 9.90 Å². The molecular formula is C9H12N2O2S. The van der Waals surface area contributed by atoms with Crippen molar-refractivity contribution in [1.29, 1.82) is 0 Å². The standard InChI is InChI=1S/C9H12N2O2S/c10-6-2-1-5(4-8(6)14)3-7(11)9(12)13/h1-2,4,7,14H,3,10-11H2,(H,12,13). The van der Waals surface area contributed by atoms with Gasteiger partial charge >= 0.3 is 5.97 Å². The van der Waals surface area contributed by atoms with Crippen molar-refractivity contribution in [2.24, 2.45) is 5.73 Å². The van der Waals surface area contributed by atoms with Crippen molar-refractivity contribution in [3.05, 3.63) is 23.8 Å². The molecule has 0 spiro atoms. The quantitative estimate of drug-likeness (QED) is 0.434. The van der Waals surface area contributed by atoms with Gasteiger partial charge in [0.15, 0.2) is 0 Å². The van der Waals surface area contributed by atoms with Crippen LogP contribution in [0.1, 0.15) is 5.56 Å². The van der Waals surface area contributed by atoms with Crippen LogP contribution in [0, 0.1) is 0 Å². The largest absolute Gasteiger partial charge is 0.480 e. The predicted octanol–water partition coefficient (Wildman–Crippen LogP) is 0.512. The van der Waals surface area contributed by atoms with Gasteiger partial charge < -0.3 is 16.6 Å². The van der Waals surface area contributed by atoms with E-state index in [-0.39, 0.29) is 6.42 Å². The third-order valence-corrected chi connectivity index (χ3v) is 2.25. The molecule has 1 atom stereocenters. The minimum atomic E-state index is -1.01. The number of hydrogen-bond acceptors (Lipinski definition) is 4. The molecule has 4 nitrogen and oxygen atoms in total. The summed E-state index contributed by atoms with van der Waals surface area (Å²) in [4.78, 5) is 11.1. The maximum atomic E-state index is 10.5. The molecule has 1 aromatic rings. The lowest BCUT2D eigenvalue weighted by Crippen LogP contribution is -2.32. The van der Waals surface area contributed by atoms with Crippen molar-refractivity contribution in [1.82, 2.24) is 0 Å². The Hall–Kier alpha value is -1.20. The lowest BCUT2D eigenvalue weighted by molar-refractivity contribution is -0.138. The molecule has 0 aliphatic carbocycles. The summed E-state index contributed by atoms with van der Waals surface area (Å²) in [5, 5.41) is 8.60. The predicted molar refractivity (Wildman–Crippen MR) is 57.4 cm³/mol. The molecule has 76 valence electrons. The molecule has 0 bridgehead atoms. The number of anilines is 1. The number of carboxylic acids is 1. The number of nitrogen functional groups attached to an aromatic ring is 1. The first-order valence-electron chi connectivity index (χ1n) is 4.06. The maximum absolute atomic E-state index is 10.5. The van der Waals surface area contributed by atoms with Crippen LogP contribution < -0.4 is 11.5 Å². The smallest absolute Gasteiger partial charge is 0.320 e. The fourth-order valence-electron chi connectivity index (χ4n) is 1.06. The van der Waals surface area contributed by atoms with Gasteiger partial charge in [0.2, 0.25) is 0 Å². The minimum absolute atomic E-state index is 0.281. The molecule has 1 aromatic carbocycles. The van der Waals surface area contributed by atoms with Gasteiger partial charge in [0, 0.05) is 10.6 Å². The van der Waals surface area contributed by atoms with Crippen molar-refractivity contribution >= 4 is 24.3 Å². The summed E-state index contributed by atoms with van der Waals surface area (Å²) in [6.07, 6.45) is 0.281. The van der Waals surface area contributed by atoms with Crippen molar-refractivity contribution in [3.63, 3.8) is 0 Å².